The lowest BCUT2D eigenvalue weighted by Crippen LogP contribution is -2.38. The summed E-state index contributed by atoms with van der Waals surface area (Å²) in [5.74, 6) is 1.23. The Labute approximate surface area is 146 Å². The molecule has 0 radical (unpaired) electrons. The lowest BCUT2D eigenvalue weighted by atomic mass is 9.91. The maximum absolute atomic E-state index is 12.2. The Morgan fingerprint density at radius 3 is 2.79 bits per heavy atom. The van der Waals surface area contributed by atoms with E-state index in [1.165, 1.54) is 11.3 Å². The van der Waals surface area contributed by atoms with Crippen LogP contribution in [0.15, 0.2) is 6.20 Å². The van der Waals surface area contributed by atoms with Crippen molar-refractivity contribution in [2.75, 3.05) is 40.3 Å². The zero-order valence-electron chi connectivity index (χ0n) is 15.6. The van der Waals surface area contributed by atoms with Crippen LogP contribution in [0.4, 0.5) is 0 Å². The van der Waals surface area contributed by atoms with Crippen LogP contribution < -0.4 is 5.32 Å². The van der Waals surface area contributed by atoms with Crippen LogP contribution in [0, 0.1) is 5.92 Å². The second kappa shape index (κ2) is 9.18. The molecule has 2 heterocycles. The minimum absolute atomic E-state index is 0.306. The average Bonchev–Trinajstić information content (AvgIpc) is 3.00. The van der Waals surface area contributed by atoms with Gasteiger partial charge in [-0.1, -0.05) is 13.8 Å². The topological polar surface area (TPSA) is 64.3 Å². The van der Waals surface area contributed by atoms with Gasteiger partial charge in [-0.3, -0.25) is 9.89 Å². The van der Waals surface area contributed by atoms with Crippen LogP contribution in [0.1, 0.15) is 50.3 Å². The van der Waals surface area contributed by atoms with Crippen LogP contribution in [-0.2, 0) is 11.3 Å². The molecular weight excluding hydrogens is 302 g/mol. The van der Waals surface area contributed by atoms with Crippen molar-refractivity contribution in [3.8, 4) is 0 Å². The number of rotatable bonds is 8. The lowest BCUT2D eigenvalue weighted by molar-refractivity contribution is -0.133. The van der Waals surface area contributed by atoms with E-state index in [1.807, 2.05) is 18.1 Å². The minimum Gasteiger partial charge on any atom is -0.343 e. The Morgan fingerprint density at radius 2 is 2.17 bits per heavy atom. The molecule has 1 saturated heterocycles. The largest absolute Gasteiger partial charge is 0.343 e. The SMILES string of the molecule is CNCCN(C)Cc1cn[nH]c1C1CCN(C(=O)CC(C)C)CC1. The van der Waals surface area contributed by atoms with E-state index < -0.39 is 0 Å². The third-order valence-electron chi connectivity index (χ3n) is 4.77. The van der Waals surface area contributed by atoms with Gasteiger partial charge < -0.3 is 15.1 Å². The number of aromatic amines is 1. The van der Waals surface area contributed by atoms with E-state index in [4.69, 9.17) is 0 Å². The fourth-order valence-corrected chi connectivity index (χ4v) is 3.37. The molecule has 0 saturated carbocycles. The highest BCUT2D eigenvalue weighted by Gasteiger charge is 2.26. The van der Waals surface area contributed by atoms with E-state index in [1.54, 1.807) is 0 Å². The summed E-state index contributed by atoms with van der Waals surface area (Å²) in [4.78, 5) is 16.6. The van der Waals surface area contributed by atoms with Crippen LogP contribution in [0.25, 0.3) is 0 Å². The lowest BCUT2D eigenvalue weighted by Gasteiger charge is -2.32. The molecule has 24 heavy (non-hydrogen) atoms. The van der Waals surface area contributed by atoms with Gasteiger partial charge >= 0.3 is 0 Å². The molecule has 6 heteroatoms. The number of hydrogen-bond acceptors (Lipinski definition) is 4. The highest BCUT2D eigenvalue weighted by Crippen LogP contribution is 2.29. The second-order valence-electron chi connectivity index (χ2n) is 7.40. The number of carbonyl (C=O) groups is 1. The molecule has 1 amide bonds. The van der Waals surface area contributed by atoms with Crippen molar-refractivity contribution < 1.29 is 4.79 Å². The van der Waals surface area contributed by atoms with Gasteiger partial charge in [-0.25, -0.2) is 0 Å². The van der Waals surface area contributed by atoms with Crippen molar-refractivity contribution >= 4 is 5.91 Å². The molecule has 0 bridgehead atoms. The summed E-state index contributed by atoms with van der Waals surface area (Å²) in [5.41, 5.74) is 2.56. The number of piperidine rings is 1. The molecule has 1 aliphatic heterocycles. The molecule has 0 aromatic carbocycles. The van der Waals surface area contributed by atoms with Gasteiger partial charge in [-0.05, 0) is 32.9 Å². The van der Waals surface area contributed by atoms with Crippen molar-refractivity contribution in [1.29, 1.82) is 0 Å². The van der Waals surface area contributed by atoms with Crippen molar-refractivity contribution in [3.05, 3.63) is 17.5 Å². The molecule has 136 valence electrons. The van der Waals surface area contributed by atoms with E-state index in [-0.39, 0.29) is 0 Å². The minimum atomic E-state index is 0.306. The Hall–Kier alpha value is -1.40. The summed E-state index contributed by atoms with van der Waals surface area (Å²) in [7, 11) is 4.12. The first-order chi connectivity index (χ1) is 11.5. The zero-order valence-corrected chi connectivity index (χ0v) is 15.6. The molecule has 6 nitrogen and oxygen atoms in total. The van der Waals surface area contributed by atoms with Crippen molar-refractivity contribution in [2.45, 2.75) is 45.6 Å². The third-order valence-corrected chi connectivity index (χ3v) is 4.77. The smallest absolute Gasteiger partial charge is 0.222 e. The fourth-order valence-electron chi connectivity index (χ4n) is 3.37. The maximum atomic E-state index is 12.2. The highest BCUT2D eigenvalue weighted by molar-refractivity contribution is 5.76. The number of amides is 1. The Kier molecular flexibility index (Phi) is 7.24. The quantitative estimate of drug-likeness (QED) is 0.760. The monoisotopic (exact) mass is 335 g/mol. The van der Waals surface area contributed by atoms with Gasteiger partial charge in [0.15, 0.2) is 0 Å². The third kappa shape index (κ3) is 5.31. The first-order valence-corrected chi connectivity index (χ1v) is 9.14. The zero-order chi connectivity index (χ0) is 17.5. The van der Waals surface area contributed by atoms with Gasteiger partial charge in [0.25, 0.3) is 0 Å². The van der Waals surface area contributed by atoms with Crippen molar-refractivity contribution in [2.24, 2.45) is 5.92 Å². The molecule has 0 spiro atoms. The summed E-state index contributed by atoms with van der Waals surface area (Å²) in [5, 5.41) is 10.7. The van der Waals surface area contributed by atoms with Crippen LogP contribution in [0.2, 0.25) is 0 Å². The molecular formula is C18H33N5O. The second-order valence-corrected chi connectivity index (χ2v) is 7.40. The van der Waals surface area contributed by atoms with E-state index in [0.717, 1.165) is 45.6 Å². The molecule has 2 N–H and O–H groups in total. The molecule has 1 aromatic rings. The van der Waals surface area contributed by atoms with Gasteiger partial charge in [-0.15, -0.1) is 0 Å². The normalized spacial score (nSPS) is 16.3. The molecule has 0 atom stereocenters. The van der Waals surface area contributed by atoms with Gasteiger partial charge in [0.2, 0.25) is 5.91 Å². The Balaban J connectivity index is 1.88. The number of hydrogen-bond donors (Lipinski definition) is 2. The number of aromatic nitrogens is 2. The first-order valence-electron chi connectivity index (χ1n) is 9.14. The number of nitrogens with zero attached hydrogens (tertiary/aromatic N) is 3. The molecule has 0 unspecified atom stereocenters. The van der Waals surface area contributed by atoms with E-state index in [9.17, 15) is 4.79 Å². The summed E-state index contributed by atoms with van der Waals surface area (Å²) in [6.07, 6.45) is 4.68. The molecule has 1 aliphatic rings. The van der Waals surface area contributed by atoms with E-state index in [0.29, 0.717) is 24.2 Å². The summed E-state index contributed by atoms with van der Waals surface area (Å²) < 4.78 is 0. The van der Waals surface area contributed by atoms with Gasteiger partial charge in [-0.2, -0.15) is 5.10 Å². The summed E-state index contributed by atoms with van der Waals surface area (Å²) in [6.45, 7) is 8.86. The van der Waals surface area contributed by atoms with Crippen molar-refractivity contribution in [1.82, 2.24) is 25.3 Å². The van der Waals surface area contributed by atoms with Crippen molar-refractivity contribution in [3.63, 3.8) is 0 Å². The fraction of sp³-hybridized carbons (Fsp3) is 0.778. The number of H-pyrrole nitrogens is 1. The van der Waals surface area contributed by atoms with Gasteiger partial charge in [0.05, 0.1) is 6.20 Å². The van der Waals surface area contributed by atoms with E-state index >= 15 is 0 Å². The van der Waals surface area contributed by atoms with E-state index in [2.05, 4.69) is 41.3 Å². The number of likely N-dealkylation sites (tertiary alicyclic amines) is 1. The van der Waals surface area contributed by atoms with Crippen LogP contribution in [0.5, 0.6) is 0 Å². The standard InChI is InChI=1S/C18H33N5O/c1-14(2)11-17(24)23-8-5-15(6-9-23)18-16(12-20-21-18)13-22(4)10-7-19-3/h12,14-15,19H,5-11,13H2,1-4H3,(H,20,21). The molecule has 0 aliphatic carbocycles. The highest BCUT2D eigenvalue weighted by atomic mass is 16.2. The van der Waals surface area contributed by atoms with Gasteiger partial charge in [0.1, 0.15) is 0 Å². The summed E-state index contributed by atoms with van der Waals surface area (Å²) in [6, 6.07) is 0. The van der Waals surface area contributed by atoms with Gasteiger partial charge in [0, 0.05) is 56.3 Å². The predicted octanol–water partition coefficient (Wildman–Crippen LogP) is 1.81. The number of nitrogens with one attached hydrogen (secondary N) is 2. The predicted molar refractivity (Wildman–Crippen MR) is 96.9 cm³/mol. The van der Waals surface area contributed by atoms with Crippen LogP contribution >= 0.6 is 0 Å². The first kappa shape index (κ1) is 18.9. The number of carbonyl (C=O) groups excluding carboxylic acids is 1. The Bertz CT molecular complexity index is 505. The average molecular weight is 335 g/mol. The van der Waals surface area contributed by atoms with Crippen LogP contribution in [-0.4, -0.2) is 66.2 Å². The molecule has 2 rings (SSSR count). The van der Waals surface area contributed by atoms with Crippen LogP contribution in [0.3, 0.4) is 0 Å². The maximum Gasteiger partial charge on any atom is 0.222 e. The number of likely N-dealkylation sites (N-methyl/N-ethyl adjacent to an activating group) is 2. The molecule has 1 fully saturated rings. The Morgan fingerprint density at radius 1 is 1.46 bits per heavy atom. The molecule has 1 aromatic heterocycles. The summed E-state index contributed by atoms with van der Waals surface area (Å²) >= 11 is 0.